The molecule has 2 heterocycles. The number of carbonyl (C=O) groups is 2. The van der Waals surface area contributed by atoms with E-state index in [-0.39, 0.29) is 25.3 Å². The summed E-state index contributed by atoms with van der Waals surface area (Å²) in [5, 5.41) is 14.6. The van der Waals surface area contributed by atoms with Gasteiger partial charge in [-0.25, -0.2) is 4.79 Å². The van der Waals surface area contributed by atoms with Gasteiger partial charge in [-0.05, 0) is 19.8 Å². The van der Waals surface area contributed by atoms with Crippen LogP contribution in [0.3, 0.4) is 0 Å². The van der Waals surface area contributed by atoms with Crippen LogP contribution in [0.4, 0.5) is 4.79 Å². The highest BCUT2D eigenvalue weighted by molar-refractivity contribution is 5.79. The van der Waals surface area contributed by atoms with E-state index in [4.69, 9.17) is 9.47 Å². The van der Waals surface area contributed by atoms with Crippen LogP contribution in [0.15, 0.2) is 0 Å². The average Bonchev–Trinajstić information content (AvgIpc) is 2.98. The Labute approximate surface area is 111 Å². The third kappa shape index (κ3) is 3.16. The van der Waals surface area contributed by atoms with E-state index in [9.17, 15) is 14.7 Å². The van der Waals surface area contributed by atoms with Crippen molar-refractivity contribution in [2.75, 3.05) is 26.4 Å². The minimum absolute atomic E-state index is 0.0661. The minimum atomic E-state index is -1.07. The molecule has 19 heavy (non-hydrogen) atoms. The summed E-state index contributed by atoms with van der Waals surface area (Å²) in [5.41, 5.74) is -1.07. The van der Waals surface area contributed by atoms with E-state index in [2.05, 4.69) is 10.6 Å². The molecule has 0 aromatic carbocycles. The highest BCUT2D eigenvalue weighted by Crippen LogP contribution is 2.28. The second-order valence-corrected chi connectivity index (χ2v) is 5.28. The quantitative estimate of drug-likeness (QED) is 0.667. The van der Waals surface area contributed by atoms with Gasteiger partial charge in [0.2, 0.25) is 0 Å². The largest absolute Gasteiger partial charge is 0.481 e. The Bertz CT molecular complexity index is 356. The molecule has 0 bridgehead atoms. The van der Waals surface area contributed by atoms with Crippen LogP contribution in [0.25, 0.3) is 0 Å². The zero-order valence-corrected chi connectivity index (χ0v) is 11.0. The number of carboxylic acids is 1. The number of carbonyl (C=O) groups excluding carboxylic acids is 1. The molecule has 108 valence electrons. The maximum Gasteiger partial charge on any atom is 0.315 e. The number of rotatable bonds is 4. The third-order valence-corrected chi connectivity index (χ3v) is 3.76. The molecule has 2 aliphatic rings. The van der Waals surface area contributed by atoms with Crippen molar-refractivity contribution in [2.24, 2.45) is 5.41 Å². The number of hydrogen-bond acceptors (Lipinski definition) is 4. The van der Waals surface area contributed by atoms with E-state index in [0.29, 0.717) is 6.54 Å². The summed E-state index contributed by atoms with van der Waals surface area (Å²) in [6.45, 7) is 3.09. The number of carboxylic acid groups (broad SMARTS) is 1. The maximum absolute atomic E-state index is 11.7. The van der Waals surface area contributed by atoms with Crippen molar-refractivity contribution in [3.05, 3.63) is 0 Å². The van der Waals surface area contributed by atoms with E-state index < -0.39 is 17.4 Å². The lowest BCUT2D eigenvalue weighted by Crippen LogP contribution is -2.53. The topological polar surface area (TPSA) is 96.9 Å². The Morgan fingerprint density at radius 1 is 1.47 bits per heavy atom. The first-order chi connectivity index (χ1) is 9.02. The minimum Gasteiger partial charge on any atom is -0.481 e. The molecule has 2 rings (SSSR count). The molecule has 3 N–H and O–H groups in total. The molecular formula is C12H20N2O5. The lowest BCUT2D eigenvalue weighted by Gasteiger charge is -2.25. The molecular weight excluding hydrogens is 252 g/mol. The van der Waals surface area contributed by atoms with Gasteiger partial charge in [0.15, 0.2) is 0 Å². The van der Waals surface area contributed by atoms with Crippen LogP contribution < -0.4 is 10.6 Å². The molecule has 3 atom stereocenters. The fourth-order valence-corrected chi connectivity index (χ4v) is 2.31. The predicted octanol–water partition coefficient (Wildman–Crippen LogP) is -0.0457. The molecule has 0 saturated carbocycles. The first-order valence-corrected chi connectivity index (χ1v) is 6.49. The fraction of sp³-hybridized carbons (Fsp3) is 0.833. The van der Waals surface area contributed by atoms with Crippen LogP contribution in [0.2, 0.25) is 0 Å². The molecule has 2 fully saturated rings. The SMILES string of the molecule is CC1(C(=O)O)COCC1NC(=O)NCC1CCCO1. The summed E-state index contributed by atoms with van der Waals surface area (Å²) in [4.78, 5) is 23.0. The zero-order valence-electron chi connectivity index (χ0n) is 11.0. The lowest BCUT2D eigenvalue weighted by molar-refractivity contribution is -0.148. The van der Waals surface area contributed by atoms with Gasteiger partial charge in [0.1, 0.15) is 5.41 Å². The van der Waals surface area contributed by atoms with Gasteiger partial charge >= 0.3 is 12.0 Å². The van der Waals surface area contributed by atoms with E-state index in [0.717, 1.165) is 19.4 Å². The third-order valence-electron chi connectivity index (χ3n) is 3.76. The van der Waals surface area contributed by atoms with Gasteiger partial charge in [-0.2, -0.15) is 0 Å². The molecule has 2 aliphatic heterocycles. The fourth-order valence-electron chi connectivity index (χ4n) is 2.31. The first-order valence-electron chi connectivity index (χ1n) is 6.49. The van der Waals surface area contributed by atoms with Crippen LogP contribution in [0, 0.1) is 5.41 Å². The van der Waals surface area contributed by atoms with E-state index in [1.807, 2.05) is 0 Å². The second-order valence-electron chi connectivity index (χ2n) is 5.28. The summed E-state index contributed by atoms with van der Waals surface area (Å²) in [7, 11) is 0. The van der Waals surface area contributed by atoms with Crippen LogP contribution in [-0.4, -0.2) is 55.6 Å². The Morgan fingerprint density at radius 3 is 2.89 bits per heavy atom. The smallest absolute Gasteiger partial charge is 0.315 e. The van der Waals surface area contributed by atoms with Crippen LogP contribution >= 0.6 is 0 Å². The summed E-state index contributed by atoms with van der Waals surface area (Å²) >= 11 is 0. The van der Waals surface area contributed by atoms with Gasteiger partial charge in [-0.15, -0.1) is 0 Å². The van der Waals surface area contributed by atoms with Gasteiger partial charge in [-0.1, -0.05) is 0 Å². The number of hydrogen-bond donors (Lipinski definition) is 3. The van der Waals surface area contributed by atoms with Crippen molar-refractivity contribution in [3.63, 3.8) is 0 Å². The number of nitrogens with one attached hydrogen (secondary N) is 2. The van der Waals surface area contributed by atoms with E-state index >= 15 is 0 Å². The molecule has 3 unspecified atom stereocenters. The molecule has 2 amide bonds. The van der Waals surface area contributed by atoms with Gasteiger partial charge in [0.05, 0.1) is 25.4 Å². The standard InChI is InChI=1S/C12H20N2O5/c1-12(10(15)16)7-18-6-9(12)14-11(17)13-5-8-3-2-4-19-8/h8-9H,2-7H2,1H3,(H,15,16)(H2,13,14,17). The first kappa shape index (κ1) is 14.1. The van der Waals surface area contributed by atoms with Gasteiger partial charge in [0, 0.05) is 13.2 Å². The summed E-state index contributed by atoms with van der Waals surface area (Å²) in [6.07, 6.45) is 2.03. The Kier molecular flexibility index (Phi) is 4.26. The molecule has 2 saturated heterocycles. The second kappa shape index (κ2) is 5.75. The van der Waals surface area contributed by atoms with E-state index in [1.54, 1.807) is 6.92 Å². The Hall–Kier alpha value is -1.34. The summed E-state index contributed by atoms with van der Waals surface area (Å²) < 4.78 is 10.6. The Balaban J connectivity index is 1.79. The molecule has 0 radical (unpaired) electrons. The maximum atomic E-state index is 11.7. The van der Waals surface area contributed by atoms with E-state index in [1.165, 1.54) is 0 Å². The number of aliphatic carboxylic acids is 1. The zero-order chi connectivity index (χ0) is 13.9. The highest BCUT2D eigenvalue weighted by atomic mass is 16.5. The van der Waals surface area contributed by atoms with Gasteiger partial charge in [0.25, 0.3) is 0 Å². The van der Waals surface area contributed by atoms with Crippen molar-refractivity contribution in [2.45, 2.75) is 31.9 Å². The number of urea groups is 1. The van der Waals surface area contributed by atoms with Crippen molar-refractivity contribution in [1.29, 1.82) is 0 Å². The monoisotopic (exact) mass is 272 g/mol. The highest BCUT2D eigenvalue weighted by Gasteiger charge is 2.47. The van der Waals surface area contributed by atoms with Crippen molar-refractivity contribution >= 4 is 12.0 Å². The van der Waals surface area contributed by atoms with Crippen molar-refractivity contribution in [3.8, 4) is 0 Å². The molecule has 0 aromatic heterocycles. The Morgan fingerprint density at radius 2 is 2.26 bits per heavy atom. The normalized spacial score (nSPS) is 34.2. The summed E-state index contributed by atoms with van der Waals surface area (Å²) in [5.74, 6) is -0.963. The number of amides is 2. The average molecular weight is 272 g/mol. The molecule has 0 aliphatic carbocycles. The molecule has 0 aromatic rings. The van der Waals surface area contributed by atoms with Crippen LogP contribution in [0.5, 0.6) is 0 Å². The van der Waals surface area contributed by atoms with Crippen molar-refractivity contribution in [1.82, 2.24) is 10.6 Å². The summed E-state index contributed by atoms with van der Waals surface area (Å²) in [6, 6.07) is -0.895. The van der Waals surface area contributed by atoms with Gasteiger partial charge in [-0.3, -0.25) is 4.79 Å². The van der Waals surface area contributed by atoms with Gasteiger partial charge < -0.3 is 25.2 Å². The predicted molar refractivity (Wildman–Crippen MR) is 65.9 cm³/mol. The van der Waals surface area contributed by atoms with Crippen LogP contribution in [0.1, 0.15) is 19.8 Å². The van der Waals surface area contributed by atoms with Crippen molar-refractivity contribution < 1.29 is 24.2 Å². The molecule has 0 spiro atoms. The molecule has 7 nitrogen and oxygen atoms in total. The molecule has 7 heteroatoms. The lowest BCUT2D eigenvalue weighted by atomic mass is 9.85. The number of ether oxygens (including phenoxy) is 2. The van der Waals surface area contributed by atoms with Crippen LogP contribution in [-0.2, 0) is 14.3 Å².